The lowest BCUT2D eigenvalue weighted by Crippen LogP contribution is -2.33. The van der Waals surface area contributed by atoms with E-state index in [1.165, 1.54) is 0 Å². The largest absolute Gasteiger partial charge is 0.466 e. The molecule has 7 nitrogen and oxygen atoms in total. The van der Waals surface area contributed by atoms with Gasteiger partial charge in [0.25, 0.3) is 5.91 Å². The second-order valence-electron chi connectivity index (χ2n) is 6.96. The van der Waals surface area contributed by atoms with Crippen LogP contribution < -0.4 is 9.47 Å². The van der Waals surface area contributed by atoms with Gasteiger partial charge in [-0.15, -0.1) is 0 Å². The average Bonchev–Trinajstić information content (AvgIpc) is 3.33. The van der Waals surface area contributed by atoms with E-state index in [1.54, 1.807) is 36.4 Å². The fourth-order valence-electron chi connectivity index (χ4n) is 3.43. The van der Waals surface area contributed by atoms with Gasteiger partial charge >= 0.3 is 5.97 Å². The van der Waals surface area contributed by atoms with Crippen molar-refractivity contribution in [1.82, 2.24) is 9.88 Å². The number of fused-ring (bicyclic) bond motifs is 1. The average molecular weight is 382 g/mol. The lowest BCUT2D eigenvalue weighted by atomic mass is 10.1. The Hall–Kier alpha value is -3.09. The van der Waals surface area contributed by atoms with Crippen LogP contribution in [0.5, 0.6) is 11.5 Å². The maximum Gasteiger partial charge on any atom is 0.309 e. The summed E-state index contributed by atoms with van der Waals surface area (Å²) in [5.74, 6) is 1.13. The summed E-state index contributed by atoms with van der Waals surface area (Å²) in [6, 6.07) is 9.07. The van der Waals surface area contributed by atoms with E-state index in [1.807, 2.05) is 18.2 Å². The van der Waals surface area contributed by atoms with Crippen molar-refractivity contribution < 1.29 is 23.8 Å². The number of hydrogen-bond acceptors (Lipinski definition) is 6. The molecule has 4 rings (SSSR count). The number of benzene rings is 1. The van der Waals surface area contributed by atoms with Gasteiger partial charge in [0.1, 0.15) is 0 Å². The van der Waals surface area contributed by atoms with Crippen LogP contribution in [0.25, 0.3) is 0 Å². The molecule has 1 aliphatic carbocycles. The van der Waals surface area contributed by atoms with Gasteiger partial charge in [0.15, 0.2) is 11.5 Å². The van der Waals surface area contributed by atoms with Crippen molar-refractivity contribution >= 4 is 11.9 Å². The molecule has 0 unspecified atom stereocenters. The third kappa shape index (κ3) is 3.93. The Morgan fingerprint density at radius 1 is 1.18 bits per heavy atom. The molecule has 0 radical (unpaired) electrons. The first-order valence-electron chi connectivity index (χ1n) is 9.40. The van der Waals surface area contributed by atoms with Crippen LogP contribution in [-0.4, -0.2) is 41.7 Å². The number of amides is 1. The molecule has 7 heteroatoms. The van der Waals surface area contributed by atoms with Crippen LogP contribution in [-0.2, 0) is 16.1 Å². The summed E-state index contributed by atoms with van der Waals surface area (Å²) in [6.45, 7) is 3.30. The molecule has 1 aliphatic heterocycles. The number of esters is 1. The van der Waals surface area contributed by atoms with Crippen LogP contribution in [0.2, 0.25) is 0 Å². The topological polar surface area (TPSA) is 78.0 Å². The van der Waals surface area contributed by atoms with Crippen molar-refractivity contribution in [2.24, 2.45) is 11.8 Å². The quantitative estimate of drug-likeness (QED) is 0.685. The summed E-state index contributed by atoms with van der Waals surface area (Å²) in [6.07, 6.45) is 3.95. The molecule has 28 heavy (non-hydrogen) atoms. The fraction of sp³-hybridized carbons (Fsp3) is 0.381. The Balaban J connectivity index is 1.50. The van der Waals surface area contributed by atoms with Crippen LogP contribution in [0.1, 0.15) is 29.3 Å². The van der Waals surface area contributed by atoms with E-state index in [9.17, 15) is 9.59 Å². The number of nitrogens with zero attached hydrogens (tertiary/aromatic N) is 2. The fourth-order valence-corrected chi connectivity index (χ4v) is 3.43. The molecule has 1 saturated carbocycles. The summed E-state index contributed by atoms with van der Waals surface area (Å²) >= 11 is 0. The van der Waals surface area contributed by atoms with Crippen molar-refractivity contribution in [2.45, 2.75) is 19.9 Å². The second kappa shape index (κ2) is 7.88. The SMILES string of the molecule is CCOC(=O)[C@@H]1C[C@@H]1CN(Cc1ccc2c(c1)OCO2)C(=O)c1ccncc1. The minimum Gasteiger partial charge on any atom is -0.466 e. The van der Waals surface area contributed by atoms with Gasteiger partial charge < -0.3 is 19.1 Å². The number of ether oxygens (including phenoxy) is 3. The highest BCUT2D eigenvalue weighted by Crippen LogP contribution is 2.41. The third-order valence-corrected chi connectivity index (χ3v) is 4.99. The van der Waals surface area contributed by atoms with Gasteiger partial charge in [-0.05, 0) is 49.1 Å². The minimum atomic E-state index is -0.174. The molecule has 146 valence electrons. The summed E-state index contributed by atoms with van der Waals surface area (Å²) in [5, 5.41) is 0. The molecule has 2 atom stereocenters. The molecule has 1 aromatic carbocycles. The third-order valence-electron chi connectivity index (χ3n) is 4.99. The smallest absolute Gasteiger partial charge is 0.309 e. The maximum atomic E-state index is 13.1. The normalized spacial score (nSPS) is 19.2. The standard InChI is InChI=1S/C21H22N2O5/c1-2-26-21(25)17-10-16(17)12-23(20(24)15-5-7-22-8-6-15)11-14-3-4-18-19(9-14)28-13-27-18/h3-9,16-17H,2,10-13H2,1H3/t16-,17-/m1/s1. The van der Waals surface area contributed by atoms with E-state index >= 15 is 0 Å². The predicted octanol–water partition coefficient (Wildman–Crippen LogP) is 2.65. The molecule has 1 amide bonds. The van der Waals surface area contributed by atoms with Crippen LogP contribution in [0, 0.1) is 11.8 Å². The zero-order chi connectivity index (χ0) is 19.5. The number of pyridine rings is 1. The first kappa shape index (κ1) is 18.3. The van der Waals surface area contributed by atoms with Gasteiger partial charge in [-0.3, -0.25) is 14.6 Å². The number of aromatic nitrogens is 1. The monoisotopic (exact) mass is 382 g/mol. The lowest BCUT2D eigenvalue weighted by Gasteiger charge is -2.23. The van der Waals surface area contributed by atoms with Gasteiger partial charge in [-0.1, -0.05) is 6.07 Å². The zero-order valence-corrected chi connectivity index (χ0v) is 15.7. The zero-order valence-electron chi connectivity index (χ0n) is 15.7. The Labute approximate surface area is 163 Å². The summed E-state index contributed by atoms with van der Waals surface area (Å²) in [4.78, 5) is 30.8. The van der Waals surface area contributed by atoms with Gasteiger partial charge in [0.05, 0.1) is 12.5 Å². The van der Waals surface area contributed by atoms with Gasteiger partial charge in [0, 0.05) is 31.0 Å². The van der Waals surface area contributed by atoms with E-state index in [4.69, 9.17) is 14.2 Å². The lowest BCUT2D eigenvalue weighted by molar-refractivity contribution is -0.145. The van der Waals surface area contributed by atoms with Crippen molar-refractivity contribution in [3.63, 3.8) is 0 Å². The van der Waals surface area contributed by atoms with Crippen LogP contribution in [0.3, 0.4) is 0 Å². The number of carbonyl (C=O) groups is 2. The van der Waals surface area contributed by atoms with Gasteiger partial charge in [-0.2, -0.15) is 0 Å². The molecule has 2 heterocycles. The Kier molecular flexibility index (Phi) is 5.14. The Morgan fingerprint density at radius 2 is 1.96 bits per heavy atom. The number of carbonyl (C=O) groups excluding carboxylic acids is 2. The number of rotatable bonds is 7. The molecule has 2 aromatic rings. The molecule has 1 fully saturated rings. The van der Waals surface area contributed by atoms with E-state index in [-0.39, 0.29) is 30.5 Å². The van der Waals surface area contributed by atoms with Crippen molar-refractivity contribution in [3.05, 3.63) is 53.9 Å². The van der Waals surface area contributed by atoms with Crippen molar-refractivity contribution in [2.75, 3.05) is 19.9 Å². The van der Waals surface area contributed by atoms with Gasteiger partial charge in [-0.25, -0.2) is 0 Å². The van der Waals surface area contributed by atoms with Crippen LogP contribution in [0.4, 0.5) is 0 Å². The molecule has 0 spiro atoms. The highest BCUT2D eigenvalue weighted by atomic mass is 16.7. The summed E-state index contributed by atoms with van der Waals surface area (Å²) < 4.78 is 15.9. The Bertz CT molecular complexity index is 870. The molecular formula is C21H22N2O5. The molecule has 0 bridgehead atoms. The van der Waals surface area contributed by atoms with Crippen LogP contribution >= 0.6 is 0 Å². The minimum absolute atomic E-state index is 0.0884. The van der Waals surface area contributed by atoms with E-state index in [2.05, 4.69) is 4.98 Å². The maximum absolute atomic E-state index is 13.1. The molecular weight excluding hydrogens is 360 g/mol. The van der Waals surface area contributed by atoms with Crippen molar-refractivity contribution in [1.29, 1.82) is 0 Å². The molecule has 0 saturated heterocycles. The highest BCUT2D eigenvalue weighted by Gasteiger charge is 2.45. The summed E-state index contributed by atoms with van der Waals surface area (Å²) in [7, 11) is 0. The molecule has 1 aromatic heterocycles. The second-order valence-corrected chi connectivity index (χ2v) is 6.96. The summed E-state index contributed by atoms with van der Waals surface area (Å²) in [5.41, 5.74) is 1.52. The van der Waals surface area contributed by atoms with E-state index in [0.29, 0.717) is 36.8 Å². The Morgan fingerprint density at radius 3 is 2.75 bits per heavy atom. The molecule has 2 aliphatic rings. The first-order chi connectivity index (χ1) is 13.7. The van der Waals surface area contributed by atoms with E-state index < -0.39 is 0 Å². The van der Waals surface area contributed by atoms with Crippen LogP contribution in [0.15, 0.2) is 42.7 Å². The predicted molar refractivity (Wildman–Crippen MR) is 99.8 cm³/mol. The first-order valence-corrected chi connectivity index (χ1v) is 9.40. The number of hydrogen-bond donors (Lipinski definition) is 0. The van der Waals surface area contributed by atoms with Crippen molar-refractivity contribution in [3.8, 4) is 11.5 Å². The van der Waals surface area contributed by atoms with E-state index in [0.717, 1.165) is 12.0 Å². The van der Waals surface area contributed by atoms with Gasteiger partial charge in [0.2, 0.25) is 6.79 Å². The highest BCUT2D eigenvalue weighted by molar-refractivity contribution is 5.94. The molecule has 0 N–H and O–H groups in total.